The molecule has 2 unspecified atom stereocenters. The van der Waals surface area contributed by atoms with Crippen LogP contribution in [0.15, 0.2) is 54.6 Å². The maximum Gasteiger partial charge on any atom is 0.407 e. The number of rotatable bonds is 6. The maximum absolute atomic E-state index is 12.1. The van der Waals surface area contributed by atoms with E-state index >= 15 is 0 Å². The average molecular weight is 394 g/mol. The molecule has 2 atom stereocenters. The van der Waals surface area contributed by atoms with Gasteiger partial charge in [-0.05, 0) is 22.3 Å². The second kappa shape index (κ2) is 7.94. The zero-order valence-corrected chi connectivity index (χ0v) is 15.6. The number of aliphatic hydroxyl groups excluding tert-OH is 2. The van der Waals surface area contributed by atoms with Crippen LogP contribution in [-0.2, 0) is 4.74 Å². The molecule has 0 radical (unpaired) electrons. The predicted octanol–water partition coefficient (Wildman–Crippen LogP) is 1.92. The van der Waals surface area contributed by atoms with Crippen LogP contribution in [0.25, 0.3) is 11.1 Å². The molecule has 0 saturated carbocycles. The molecular weight excluding hydrogens is 372 g/mol. The Morgan fingerprint density at radius 1 is 1.14 bits per heavy atom. The summed E-state index contributed by atoms with van der Waals surface area (Å²) in [5.74, 6) is 0.160. The van der Waals surface area contributed by atoms with E-state index in [4.69, 9.17) is 10.5 Å². The third-order valence-electron chi connectivity index (χ3n) is 5.10. The van der Waals surface area contributed by atoms with Crippen LogP contribution in [0.1, 0.15) is 28.8 Å². The van der Waals surface area contributed by atoms with E-state index in [1.807, 2.05) is 36.4 Å². The number of amides is 1. The zero-order valence-electron chi connectivity index (χ0n) is 15.6. The Balaban J connectivity index is 1.34. The fourth-order valence-corrected chi connectivity index (χ4v) is 3.66. The number of aromatic nitrogens is 2. The molecule has 1 aliphatic carbocycles. The Morgan fingerprint density at radius 2 is 1.76 bits per heavy atom. The summed E-state index contributed by atoms with van der Waals surface area (Å²) in [5, 5.41) is 28.8. The van der Waals surface area contributed by atoms with Gasteiger partial charge in [0.25, 0.3) is 0 Å². The number of nitrogens with two attached hydrogens (primary N) is 1. The largest absolute Gasteiger partial charge is 0.449 e. The van der Waals surface area contributed by atoms with Crippen molar-refractivity contribution in [1.29, 1.82) is 0 Å². The average Bonchev–Trinajstić information content (AvgIpc) is 3.31. The van der Waals surface area contributed by atoms with Crippen LogP contribution >= 0.6 is 0 Å². The summed E-state index contributed by atoms with van der Waals surface area (Å²) in [4.78, 5) is 12.1. The second-order valence-electron chi connectivity index (χ2n) is 6.97. The third kappa shape index (κ3) is 3.80. The Hall–Kier alpha value is -3.36. The minimum atomic E-state index is -1.26. The number of nitrogen functional groups attached to an aromatic ring is 1. The van der Waals surface area contributed by atoms with Crippen molar-refractivity contribution in [2.75, 3.05) is 18.9 Å². The van der Waals surface area contributed by atoms with E-state index in [1.54, 1.807) is 0 Å². The normalized spacial score (nSPS) is 14.7. The Kier molecular flexibility index (Phi) is 5.20. The number of benzene rings is 2. The first kappa shape index (κ1) is 19.0. The molecule has 0 fully saturated rings. The highest BCUT2D eigenvalue weighted by Crippen LogP contribution is 2.44. The number of fused-ring (bicyclic) bond motifs is 3. The van der Waals surface area contributed by atoms with Crippen molar-refractivity contribution in [2.45, 2.75) is 18.1 Å². The summed E-state index contributed by atoms with van der Waals surface area (Å²) < 4.78 is 5.40. The molecule has 0 bridgehead atoms. The number of hydrogen-bond donors (Lipinski definition) is 5. The molecule has 1 aliphatic rings. The van der Waals surface area contributed by atoms with Gasteiger partial charge in [-0.25, -0.2) is 4.79 Å². The highest BCUT2D eigenvalue weighted by atomic mass is 16.5. The lowest BCUT2D eigenvalue weighted by atomic mass is 9.98. The Morgan fingerprint density at radius 3 is 2.34 bits per heavy atom. The number of H-pyrrole nitrogens is 1. The number of aromatic amines is 1. The summed E-state index contributed by atoms with van der Waals surface area (Å²) in [6, 6.07) is 17.5. The van der Waals surface area contributed by atoms with Crippen molar-refractivity contribution in [1.82, 2.24) is 15.5 Å². The zero-order chi connectivity index (χ0) is 20.4. The summed E-state index contributed by atoms with van der Waals surface area (Å²) in [6.45, 7) is -0.00758. The first-order valence-corrected chi connectivity index (χ1v) is 9.30. The summed E-state index contributed by atoms with van der Waals surface area (Å²) in [6.07, 6.45) is -3.16. The first-order valence-electron chi connectivity index (χ1n) is 9.30. The molecular formula is C21H22N4O4. The molecule has 3 aromatic rings. The summed E-state index contributed by atoms with van der Waals surface area (Å²) in [7, 11) is 0. The molecule has 8 heteroatoms. The molecule has 1 aromatic heterocycles. The van der Waals surface area contributed by atoms with Crippen LogP contribution < -0.4 is 11.1 Å². The monoisotopic (exact) mass is 394 g/mol. The highest BCUT2D eigenvalue weighted by molar-refractivity contribution is 5.79. The van der Waals surface area contributed by atoms with Gasteiger partial charge in [0, 0.05) is 18.5 Å². The number of ether oxygens (including phenoxy) is 1. The van der Waals surface area contributed by atoms with Crippen molar-refractivity contribution in [3.05, 3.63) is 71.4 Å². The standard InChI is InChI=1S/C21H22N4O4/c22-19-9-17(24-25-19)20(27)18(26)10-23-21(28)29-11-16-14-7-3-1-5-12(14)13-6-2-4-8-15(13)16/h1-9,16,18,20,26-27H,10-11H2,(H,23,28)(H3,22,24,25). The van der Waals surface area contributed by atoms with Gasteiger partial charge < -0.3 is 26.0 Å². The van der Waals surface area contributed by atoms with E-state index in [0.717, 1.165) is 22.3 Å². The fourth-order valence-electron chi connectivity index (χ4n) is 3.66. The molecule has 2 aromatic carbocycles. The number of carbonyl (C=O) groups excluding carboxylic acids is 1. The van der Waals surface area contributed by atoms with E-state index in [0.29, 0.717) is 0 Å². The van der Waals surface area contributed by atoms with Gasteiger partial charge in [-0.3, -0.25) is 5.10 Å². The Labute approximate surface area is 167 Å². The minimum Gasteiger partial charge on any atom is -0.449 e. The lowest BCUT2D eigenvalue weighted by molar-refractivity contribution is 0.0160. The maximum atomic E-state index is 12.1. The van der Waals surface area contributed by atoms with Gasteiger partial charge in [0.2, 0.25) is 0 Å². The van der Waals surface area contributed by atoms with E-state index in [9.17, 15) is 15.0 Å². The van der Waals surface area contributed by atoms with Crippen molar-refractivity contribution >= 4 is 11.9 Å². The molecule has 1 amide bonds. The lowest BCUT2D eigenvalue weighted by Gasteiger charge is -2.18. The van der Waals surface area contributed by atoms with Gasteiger partial charge in [0.1, 0.15) is 24.6 Å². The SMILES string of the molecule is Nc1cc(C(O)C(O)CNC(=O)OCC2c3ccccc3-c3ccccc32)[nH]n1. The van der Waals surface area contributed by atoms with Crippen LogP contribution in [0.3, 0.4) is 0 Å². The van der Waals surface area contributed by atoms with Gasteiger partial charge in [0.15, 0.2) is 0 Å². The molecule has 29 heavy (non-hydrogen) atoms. The summed E-state index contributed by atoms with van der Waals surface area (Å²) >= 11 is 0. The fraction of sp³-hybridized carbons (Fsp3) is 0.238. The van der Waals surface area contributed by atoms with Gasteiger partial charge in [-0.2, -0.15) is 5.10 Å². The van der Waals surface area contributed by atoms with E-state index < -0.39 is 18.3 Å². The lowest BCUT2D eigenvalue weighted by Crippen LogP contribution is -2.36. The number of aliphatic hydroxyl groups is 2. The van der Waals surface area contributed by atoms with Crippen LogP contribution in [-0.4, -0.2) is 45.8 Å². The molecule has 1 heterocycles. The van der Waals surface area contributed by atoms with Crippen molar-refractivity contribution in [3.63, 3.8) is 0 Å². The quantitative estimate of drug-likeness (QED) is 0.434. The molecule has 8 nitrogen and oxygen atoms in total. The van der Waals surface area contributed by atoms with Crippen LogP contribution in [0, 0.1) is 0 Å². The Bertz CT molecular complexity index is 974. The topological polar surface area (TPSA) is 133 Å². The van der Waals surface area contributed by atoms with E-state index in [-0.39, 0.29) is 30.6 Å². The molecule has 0 spiro atoms. The van der Waals surface area contributed by atoms with Crippen LogP contribution in [0.4, 0.5) is 10.6 Å². The minimum absolute atomic E-state index is 0.0448. The van der Waals surface area contributed by atoms with Crippen molar-refractivity contribution in [3.8, 4) is 11.1 Å². The van der Waals surface area contributed by atoms with Gasteiger partial charge in [0.05, 0.1) is 5.69 Å². The third-order valence-corrected chi connectivity index (χ3v) is 5.10. The molecule has 4 rings (SSSR count). The van der Waals surface area contributed by atoms with Crippen molar-refractivity contribution < 1.29 is 19.7 Å². The number of hydrogen-bond acceptors (Lipinski definition) is 6. The molecule has 0 aliphatic heterocycles. The predicted molar refractivity (Wildman–Crippen MR) is 107 cm³/mol. The van der Waals surface area contributed by atoms with Gasteiger partial charge >= 0.3 is 6.09 Å². The van der Waals surface area contributed by atoms with Gasteiger partial charge in [-0.1, -0.05) is 48.5 Å². The number of carbonyl (C=O) groups is 1. The van der Waals surface area contributed by atoms with Crippen LogP contribution in [0.5, 0.6) is 0 Å². The molecule has 6 N–H and O–H groups in total. The van der Waals surface area contributed by atoms with Crippen molar-refractivity contribution in [2.24, 2.45) is 0 Å². The first-order chi connectivity index (χ1) is 14.0. The van der Waals surface area contributed by atoms with E-state index in [2.05, 4.69) is 27.6 Å². The van der Waals surface area contributed by atoms with E-state index in [1.165, 1.54) is 6.07 Å². The molecule has 0 saturated heterocycles. The number of alkyl carbamates (subject to hydrolysis) is 1. The smallest absolute Gasteiger partial charge is 0.407 e. The van der Waals surface area contributed by atoms with Crippen LogP contribution in [0.2, 0.25) is 0 Å². The summed E-state index contributed by atoms with van der Waals surface area (Å²) in [5.41, 5.74) is 10.3. The molecule has 150 valence electrons. The number of nitrogens with one attached hydrogen (secondary N) is 2. The number of nitrogens with zero attached hydrogens (tertiary/aromatic N) is 1. The highest BCUT2D eigenvalue weighted by Gasteiger charge is 2.29. The van der Waals surface area contributed by atoms with Gasteiger partial charge in [-0.15, -0.1) is 0 Å². The second-order valence-corrected chi connectivity index (χ2v) is 6.97. The number of anilines is 1.